The smallest absolute Gasteiger partial charge is 0.462 e. The van der Waals surface area contributed by atoms with Gasteiger partial charge in [-0.1, -0.05) is 361 Å². The van der Waals surface area contributed by atoms with Gasteiger partial charge in [-0.15, -0.1) is 0 Å². The van der Waals surface area contributed by atoms with Crippen molar-refractivity contribution >= 4 is 19.8 Å². The fraction of sp³-hybridized carbons (Fsp3) is 0.582. The van der Waals surface area contributed by atoms with E-state index in [2.05, 4.69) is 233 Å². The molecule has 0 radical (unpaired) electrons. The summed E-state index contributed by atoms with van der Waals surface area (Å²) in [7, 11) is -4.41. The Morgan fingerprint density at radius 1 is 0.297 bits per heavy atom. The zero-order chi connectivity index (χ0) is 72.9. The van der Waals surface area contributed by atoms with E-state index in [4.69, 9.17) is 24.3 Å². The number of nitrogens with two attached hydrogens (primary N) is 1. The molecule has 10 heteroatoms. The fourth-order valence-corrected chi connectivity index (χ4v) is 11.3. The summed E-state index contributed by atoms with van der Waals surface area (Å²) in [6.07, 6.45) is 129. The molecule has 2 atom stereocenters. The van der Waals surface area contributed by atoms with E-state index in [1.807, 2.05) is 0 Å². The largest absolute Gasteiger partial charge is 0.472 e. The van der Waals surface area contributed by atoms with Crippen LogP contribution in [0.15, 0.2) is 219 Å². The molecule has 0 saturated carbocycles. The van der Waals surface area contributed by atoms with Crippen molar-refractivity contribution in [3.05, 3.63) is 219 Å². The third kappa shape index (κ3) is 83.2. The van der Waals surface area contributed by atoms with Crippen molar-refractivity contribution in [2.75, 3.05) is 26.4 Å². The molecule has 0 fully saturated rings. The lowest BCUT2D eigenvalue weighted by Crippen LogP contribution is -2.29. The van der Waals surface area contributed by atoms with Crippen molar-refractivity contribution in [1.82, 2.24) is 0 Å². The number of ether oxygens (including phenoxy) is 2. The molecular formula is C91H146NO8P. The van der Waals surface area contributed by atoms with E-state index in [1.165, 1.54) is 116 Å². The first-order valence-electron chi connectivity index (χ1n) is 40.2. The molecule has 0 aliphatic carbocycles. The van der Waals surface area contributed by atoms with Crippen LogP contribution < -0.4 is 5.73 Å². The Hall–Kier alpha value is -5.67. The van der Waals surface area contributed by atoms with E-state index in [9.17, 15) is 19.0 Å². The Bertz CT molecular complexity index is 2470. The minimum atomic E-state index is -4.41. The average Bonchev–Trinajstić information content (AvgIpc) is 1.01. The lowest BCUT2D eigenvalue weighted by molar-refractivity contribution is -0.161. The first-order valence-corrected chi connectivity index (χ1v) is 41.7. The molecule has 0 aromatic rings. The van der Waals surface area contributed by atoms with Crippen LogP contribution in [-0.4, -0.2) is 49.3 Å². The summed E-state index contributed by atoms with van der Waals surface area (Å²) >= 11 is 0. The van der Waals surface area contributed by atoms with Crippen LogP contribution in [0.1, 0.15) is 309 Å². The molecule has 0 aromatic heterocycles. The standard InChI is InChI=1S/C91H146NO8P/c1-3-5-7-9-11-13-15-17-19-21-23-25-27-29-31-33-35-37-39-41-43-44-46-47-49-51-53-55-57-59-61-63-65-67-69-71-73-75-77-79-81-83-90(93)97-87-89(88-99-101(95,96)98-86-85-92)100-91(94)84-82-80-78-76-74-72-70-68-66-64-62-60-58-56-54-52-50-48-45-42-40-38-36-34-32-30-28-26-24-22-20-18-16-14-12-10-8-6-4-2/h5-8,11-14,17-20,23-26,29-32,35-38,41-43,45-47,50,52,56,58,62,64,89H,3-4,9-10,15-16,21-22,27-28,33-34,39-40,44,48-49,51,53-55,57,59-61,63,65-88,92H2,1-2H3,(H,95,96)/b7-5-,8-6-,13-11-,14-12-,19-17-,20-18-,25-23-,26-24-,31-29-,32-30-,37-35-,38-36-,43-41-,45-42-,47-46-,52-50-,58-56-,64-62-. The molecule has 0 rings (SSSR count). The summed E-state index contributed by atoms with van der Waals surface area (Å²) in [6.45, 7) is 3.50. The Morgan fingerprint density at radius 2 is 0.515 bits per heavy atom. The van der Waals surface area contributed by atoms with Crippen LogP contribution in [0.5, 0.6) is 0 Å². The van der Waals surface area contributed by atoms with E-state index in [0.29, 0.717) is 6.42 Å². The minimum absolute atomic E-state index is 0.0429. The highest BCUT2D eigenvalue weighted by molar-refractivity contribution is 7.47. The monoisotopic (exact) mass is 1410 g/mol. The highest BCUT2D eigenvalue weighted by atomic mass is 31.2. The van der Waals surface area contributed by atoms with Crippen LogP contribution in [-0.2, 0) is 32.7 Å². The molecular weight excluding hydrogens is 1270 g/mol. The number of phosphoric ester groups is 1. The lowest BCUT2D eigenvalue weighted by Gasteiger charge is -2.19. The predicted octanol–water partition coefficient (Wildman–Crippen LogP) is 27.5. The number of esters is 2. The molecule has 3 N–H and O–H groups in total. The van der Waals surface area contributed by atoms with Crippen LogP contribution in [0, 0.1) is 0 Å². The third-order valence-corrected chi connectivity index (χ3v) is 17.3. The minimum Gasteiger partial charge on any atom is -0.462 e. The maximum atomic E-state index is 12.8. The summed E-state index contributed by atoms with van der Waals surface area (Å²) in [5, 5.41) is 0. The van der Waals surface area contributed by atoms with Gasteiger partial charge in [-0.2, -0.15) is 0 Å². The fourth-order valence-electron chi connectivity index (χ4n) is 10.5. The van der Waals surface area contributed by atoms with Crippen molar-refractivity contribution in [3.8, 4) is 0 Å². The Kier molecular flexibility index (Phi) is 78.6. The molecule has 0 saturated heterocycles. The van der Waals surface area contributed by atoms with E-state index < -0.39 is 26.5 Å². The maximum Gasteiger partial charge on any atom is 0.472 e. The molecule has 0 aliphatic rings. The summed E-state index contributed by atoms with van der Waals surface area (Å²) in [6, 6.07) is 0. The number of phosphoric acid groups is 1. The predicted molar refractivity (Wildman–Crippen MR) is 440 cm³/mol. The van der Waals surface area contributed by atoms with E-state index in [1.54, 1.807) is 0 Å². The first kappa shape index (κ1) is 95.3. The second-order valence-corrected chi connectivity index (χ2v) is 27.3. The number of carbonyl (C=O) groups is 2. The molecule has 0 bridgehead atoms. The summed E-state index contributed by atoms with van der Waals surface area (Å²) < 4.78 is 33.3. The summed E-state index contributed by atoms with van der Waals surface area (Å²) in [5.41, 5.74) is 5.41. The number of unbranched alkanes of at least 4 members (excludes halogenated alkanes) is 24. The number of carbonyl (C=O) groups excluding carboxylic acids is 2. The molecule has 568 valence electrons. The topological polar surface area (TPSA) is 134 Å². The highest BCUT2D eigenvalue weighted by Crippen LogP contribution is 2.43. The summed E-state index contributed by atoms with van der Waals surface area (Å²) in [4.78, 5) is 35.5. The van der Waals surface area contributed by atoms with Crippen LogP contribution in [0.2, 0.25) is 0 Å². The van der Waals surface area contributed by atoms with Gasteiger partial charge in [0.15, 0.2) is 6.10 Å². The van der Waals surface area contributed by atoms with E-state index in [-0.39, 0.29) is 38.6 Å². The average molecular weight is 1410 g/mol. The summed E-state index contributed by atoms with van der Waals surface area (Å²) in [5.74, 6) is -0.844. The second-order valence-electron chi connectivity index (χ2n) is 25.8. The molecule has 0 heterocycles. The highest BCUT2D eigenvalue weighted by Gasteiger charge is 2.26. The van der Waals surface area contributed by atoms with Crippen LogP contribution >= 0.6 is 7.82 Å². The molecule has 0 amide bonds. The SMILES string of the molecule is CC/C=C\C/C=C\C/C=C\C/C=C\C/C=C\C/C=C\C/C=C\C/C=C\C/C=C\C/C=C\CCCCCCCCCCC(=O)OC(COC(=O)CCCCCCCCCCCCCCCCCC/C=C\C/C=C\C/C=C\C/C=C\C/C=C\C/C=C\C/C=C\C/C=C\CC)COP(=O)(O)OCCN. The van der Waals surface area contributed by atoms with Gasteiger partial charge in [0.05, 0.1) is 13.2 Å². The Balaban J connectivity index is 3.92. The quantitative estimate of drug-likeness (QED) is 0.0264. The van der Waals surface area contributed by atoms with Crippen molar-refractivity contribution in [2.45, 2.75) is 315 Å². The molecule has 9 nitrogen and oxygen atoms in total. The number of hydrogen-bond acceptors (Lipinski definition) is 8. The Labute approximate surface area is 620 Å². The molecule has 0 aromatic carbocycles. The van der Waals surface area contributed by atoms with Gasteiger partial charge in [0.25, 0.3) is 0 Å². The van der Waals surface area contributed by atoms with Gasteiger partial charge >= 0.3 is 19.8 Å². The molecule has 101 heavy (non-hydrogen) atoms. The van der Waals surface area contributed by atoms with Gasteiger partial charge in [0.2, 0.25) is 0 Å². The van der Waals surface area contributed by atoms with Crippen molar-refractivity contribution in [1.29, 1.82) is 0 Å². The van der Waals surface area contributed by atoms with Gasteiger partial charge in [-0.3, -0.25) is 18.6 Å². The number of rotatable bonds is 73. The maximum absolute atomic E-state index is 12.8. The lowest BCUT2D eigenvalue weighted by atomic mass is 10.0. The second kappa shape index (κ2) is 83.3. The van der Waals surface area contributed by atoms with Gasteiger partial charge in [0, 0.05) is 19.4 Å². The third-order valence-electron chi connectivity index (χ3n) is 16.4. The van der Waals surface area contributed by atoms with Crippen molar-refractivity contribution in [3.63, 3.8) is 0 Å². The van der Waals surface area contributed by atoms with Crippen LogP contribution in [0.4, 0.5) is 0 Å². The zero-order valence-corrected chi connectivity index (χ0v) is 64.9. The molecule has 2 unspecified atom stereocenters. The first-order chi connectivity index (χ1) is 49.8. The molecule has 0 spiro atoms. The van der Waals surface area contributed by atoms with Crippen molar-refractivity contribution in [2.24, 2.45) is 5.73 Å². The van der Waals surface area contributed by atoms with Gasteiger partial charge < -0.3 is 20.1 Å². The van der Waals surface area contributed by atoms with Gasteiger partial charge in [-0.05, 0) is 154 Å². The number of allylic oxidation sites excluding steroid dienone is 36. The van der Waals surface area contributed by atoms with E-state index >= 15 is 0 Å². The molecule has 0 aliphatic heterocycles. The zero-order valence-electron chi connectivity index (χ0n) is 64.0. The normalized spacial score (nSPS) is 14.1. The van der Waals surface area contributed by atoms with Crippen molar-refractivity contribution < 1.29 is 37.6 Å². The van der Waals surface area contributed by atoms with Crippen LogP contribution in [0.3, 0.4) is 0 Å². The number of hydrogen-bond donors (Lipinski definition) is 2. The van der Waals surface area contributed by atoms with Gasteiger partial charge in [-0.25, -0.2) is 4.57 Å². The Morgan fingerprint density at radius 3 is 0.762 bits per heavy atom. The van der Waals surface area contributed by atoms with E-state index in [0.717, 1.165) is 161 Å². The van der Waals surface area contributed by atoms with Gasteiger partial charge in [0.1, 0.15) is 6.61 Å². The van der Waals surface area contributed by atoms with Crippen LogP contribution in [0.25, 0.3) is 0 Å².